The Morgan fingerprint density at radius 1 is 0.350 bits per heavy atom. The second-order valence-electron chi connectivity index (χ2n) is 19.3. The molecule has 5 N–H and O–H groups in total. The molecule has 360 valence electrons. The molecular formula is C54H109NO5. The van der Waals surface area contributed by atoms with E-state index < -0.39 is 36.9 Å². The van der Waals surface area contributed by atoms with Crippen LogP contribution in [0.3, 0.4) is 0 Å². The molecule has 0 saturated carbocycles. The van der Waals surface area contributed by atoms with E-state index in [4.69, 9.17) is 0 Å². The molecule has 0 saturated heterocycles. The predicted octanol–water partition coefficient (Wildman–Crippen LogP) is 15.5. The first kappa shape index (κ1) is 59.3. The highest BCUT2D eigenvalue weighted by molar-refractivity contribution is 5.80. The Labute approximate surface area is 375 Å². The zero-order valence-electron chi connectivity index (χ0n) is 40.7. The van der Waals surface area contributed by atoms with Gasteiger partial charge in [-0.15, -0.1) is 0 Å². The maximum absolute atomic E-state index is 12.5. The fourth-order valence-corrected chi connectivity index (χ4v) is 9.00. The minimum atomic E-state index is -1.25. The zero-order valence-corrected chi connectivity index (χ0v) is 40.7. The SMILES string of the molecule is CCCCCCCCCCCCCCCCCCCCCCCCCCCCCCCCCC(O)C(O)C(CO)NC(=O)C(O)CCCCCCCCCCCCCCC. The molecule has 0 aromatic heterocycles. The van der Waals surface area contributed by atoms with E-state index in [1.54, 1.807) is 0 Å². The summed E-state index contributed by atoms with van der Waals surface area (Å²) in [5.74, 6) is -0.578. The molecule has 0 aliphatic rings. The number of aliphatic hydroxyl groups excluding tert-OH is 4. The van der Waals surface area contributed by atoms with Crippen molar-refractivity contribution >= 4 is 5.91 Å². The van der Waals surface area contributed by atoms with Gasteiger partial charge in [0.05, 0.1) is 18.8 Å². The number of amides is 1. The minimum absolute atomic E-state index is 0.375. The van der Waals surface area contributed by atoms with Crippen molar-refractivity contribution in [3.8, 4) is 0 Å². The maximum Gasteiger partial charge on any atom is 0.249 e. The summed E-state index contributed by atoms with van der Waals surface area (Å²) in [5.41, 5.74) is 0. The Hall–Kier alpha value is -0.690. The third kappa shape index (κ3) is 42.6. The lowest BCUT2D eigenvalue weighted by atomic mass is 9.99. The van der Waals surface area contributed by atoms with Crippen LogP contribution in [0.5, 0.6) is 0 Å². The molecule has 4 atom stereocenters. The maximum atomic E-state index is 12.5. The topological polar surface area (TPSA) is 110 Å². The second-order valence-corrected chi connectivity index (χ2v) is 19.3. The third-order valence-electron chi connectivity index (χ3n) is 13.3. The van der Waals surface area contributed by atoms with Crippen molar-refractivity contribution in [1.82, 2.24) is 5.32 Å². The van der Waals surface area contributed by atoms with E-state index in [0.717, 1.165) is 38.5 Å². The summed E-state index contributed by atoms with van der Waals surface area (Å²) in [6, 6.07) is -0.979. The lowest BCUT2D eigenvalue weighted by Gasteiger charge is -2.27. The molecule has 4 unspecified atom stereocenters. The summed E-state index contributed by atoms with van der Waals surface area (Å²) < 4.78 is 0. The normalized spacial score (nSPS) is 13.8. The van der Waals surface area contributed by atoms with Crippen molar-refractivity contribution in [1.29, 1.82) is 0 Å². The molecule has 0 heterocycles. The van der Waals surface area contributed by atoms with Gasteiger partial charge in [0, 0.05) is 0 Å². The number of aliphatic hydroxyl groups is 4. The first-order valence-electron chi connectivity index (χ1n) is 27.4. The van der Waals surface area contributed by atoms with Crippen LogP contribution in [0.25, 0.3) is 0 Å². The van der Waals surface area contributed by atoms with Crippen LogP contribution < -0.4 is 5.32 Å². The van der Waals surface area contributed by atoms with Crippen LogP contribution in [-0.2, 0) is 4.79 Å². The number of carbonyl (C=O) groups excluding carboxylic acids is 1. The summed E-state index contributed by atoms with van der Waals surface area (Å²) in [6.07, 6.45) is 56.1. The lowest BCUT2D eigenvalue weighted by molar-refractivity contribution is -0.132. The summed E-state index contributed by atoms with van der Waals surface area (Å²) in [5, 5.41) is 43.9. The van der Waals surface area contributed by atoms with Gasteiger partial charge in [-0.25, -0.2) is 0 Å². The molecule has 0 radical (unpaired) electrons. The highest BCUT2D eigenvalue weighted by atomic mass is 16.3. The van der Waals surface area contributed by atoms with E-state index in [9.17, 15) is 25.2 Å². The molecule has 1 amide bonds. The molecule has 0 rings (SSSR count). The first-order valence-corrected chi connectivity index (χ1v) is 27.4. The summed E-state index contributed by atoms with van der Waals surface area (Å²) in [4.78, 5) is 12.5. The highest BCUT2D eigenvalue weighted by Gasteiger charge is 2.28. The van der Waals surface area contributed by atoms with Gasteiger partial charge in [-0.1, -0.05) is 296 Å². The molecule has 0 bridgehead atoms. The largest absolute Gasteiger partial charge is 0.394 e. The van der Waals surface area contributed by atoms with Crippen LogP contribution in [0, 0.1) is 0 Å². The first-order chi connectivity index (χ1) is 29.5. The van der Waals surface area contributed by atoms with Gasteiger partial charge in [0.2, 0.25) is 5.91 Å². The van der Waals surface area contributed by atoms with Crippen molar-refractivity contribution < 1.29 is 25.2 Å². The molecule has 0 fully saturated rings. The van der Waals surface area contributed by atoms with E-state index in [0.29, 0.717) is 12.8 Å². The monoisotopic (exact) mass is 852 g/mol. The van der Waals surface area contributed by atoms with Gasteiger partial charge in [-0.05, 0) is 12.8 Å². The predicted molar refractivity (Wildman–Crippen MR) is 261 cm³/mol. The Kier molecular flexibility index (Phi) is 48.8. The van der Waals surface area contributed by atoms with Crippen LogP contribution in [0.2, 0.25) is 0 Å². The molecule has 0 aliphatic carbocycles. The van der Waals surface area contributed by atoms with E-state index in [-0.39, 0.29) is 0 Å². The Morgan fingerprint density at radius 2 is 0.567 bits per heavy atom. The quantitative estimate of drug-likeness (QED) is 0.0392. The molecule has 0 aromatic rings. The molecule has 6 heteroatoms. The van der Waals surface area contributed by atoms with Crippen LogP contribution in [0.1, 0.15) is 309 Å². The fourth-order valence-electron chi connectivity index (χ4n) is 9.00. The number of hydrogen-bond donors (Lipinski definition) is 5. The van der Waals surface area contributed by atoms with E-state index in [1.807, 2.05) is 0 Å². The zero-order chi connectivity index (χ0) is 43.8. The number of rotatable bonds is 51. The number of nitrogens with one attached hydrogen (secondary N) is 1. The van der Waals surface area contributed by atoms with Gasteiger partial charge in [-0.2, -0.15) is 0 Å². The van der Waals surface area contributed by atoms with Crippen molar-refractivity contribution in [3.63, 3.8) is 0 Å². The Morgan fingerprint density at radius 3 is 0.800 bits per heavy atom. The van der Waals surface area contributed by atoms with Gasteiger partial charge in [0.1, 0.15) is 12.2 Å². The van der Waals surface area contributed by atoms with E-state index in [2.05, 4.69) is 19.2 Å². The van der Waals surface area contributed by atoms with Crippen LogP contribution >= 0.6 is 0 Å². The average molecular weight is 852 g/mol. The van der Waals surface area contributed by atoms with Crippen LogP contribution in [0.15, 0.2) is 0 Å². The molecule has 0 spiro atoms. The molecule has 0 aliphatic heterocycles. The van der Waals surface area contributed by atoms with Gasteiger partial charge in [0.25, 0.3) is 0 Å². The smallest absolute Gasteiger partial charge is 0.249 e. The lowest BCUT2D eigenvalue weighted by Crippen LogP contribution is -2.53. The molecule has 60 heavy (non-hydrogen) atoms. The highest BCUT2D eigenvalue weighted by Crippen LogP contribution is 2.19. The van der Waals surface area contributed by atoms with Gasteiger partial charge in [-0.3, -0.25) is 4.79 Å². The fraction of sp³-hybridized carbons (Fsp3) is 0.981. The summed E-state index contributed by atoms with van der Waals surface area (Å²) in [7, 11) is 0. The van der Waals surface area contributed by atoms with Gasteiger partial charge < -0.3 is 25.7 Å². The number of carbonyl (C=O) groups is 1. The van der Waals surface area contributed by atoms with Crippen molar-refractivity contribution in [3.05, 3.63) is 0 Å². The minimum Gasteiger partial charge on any atom is -0.394 e. The second kappa shape index (κ2) is 49.3. The van der Waals surface area contributed by atoms with Gasteiger partial charge in [0.15, 0.2) is 0 Å². The van der Waals surface area contributed by atoms with Crippen LogP contribution in [0.4, 0.5) is 0 Å². The van der Waals surface area contributed by atoms with Crippen molar-refractivity contribution in [2.45, 2.75) is 334 Å². The van der Waals surface area contributed by atoms with Gasteiger partial charge >= 0.3 is 0 Å². The molecular weight excluding hydrogens is 743 g/mol. The summed E-state index contributed by atoms with van der Waals surface area (Å²) >= 11 is 0. The van der Waals surface area contributed by atoms with E-state index in [1.165, 1.54) is 244 Å². The Bertz CT molecular complexity index is 826. The third-order valence-corrected chi connectivity index (χ3v) is 13.3. The van der Waals surface area contributed by atoms with Crippen molar-refractivity contribution in [2.24, 2.45) is 0 Å². The van der Waals surface area contributed by atoms with Crippen molar-refractivity contribution in [2.75, 3.05) is 6.61 Å². The Balaban J connectivity index is 3.52. The number of unbranched alkanes of at least 4 members (excludes halogenated alkanes) is 42. The molecule has 0 aromatic carbocycles. The molecule has 6 nitrogen and oxygen atoms in total. The summed E-state index contributed by atoms with van der Waals surface area (Å²) in [6.45, 7) is 4.08. The van der Waals surface area contributed by atoms with E-state index >= 15 is 0 Å². The number of hydrogen-bond acceptors (Lipinski definition) is 5. The average Bonchev–Trinajstić information content (AvgIpc) is 3.25. The van der Waals surface area contributed by atoms with Crippen LogP contribution in [-0.4, -0.2) is 57.3 Å². The standard InChI is InChI=1S/C54H109NO5/c1-3-5-7-9-11-13-15-17-18-19-20-21-22-23-24-25-26-27-28-29-30-31-32-33-34-36-37-39-41-43-45-47-51(57)53(59)50(49-56)55-54(60)52(58)48-46-44-42-40-38-35-16-14-12-10-8-6-4-2/h50-53,56-59H,3-49H2,1-2H3,(H,55,60).